The molecular weight excluding hydrogens is 369 g/mol. The van der Waals surface area contributed by atoms with Crippen LogP contribution in [0, 0.1) is 18.7 Å². The molecule has 2 aromatic carbocycles. The lowest BCUT2D eigenvalue weighted by Gasteiger charge is -2.38. The topological polar surface area (TPSA) is 47.6 Å². The van der Waals surface area contributed by atoms with Crippen LogP contribution in [0.2, 0.25) is 0 Å². The van der Waals surface area contributed by atoms with E-state index in [0.29, 0.717) is 12.6 Å². The molecule has 1 N–H and O–H groups in total. The predicted molar refractivity (Wildman–Crippen MR) is 109 cm³/mol. The Labute approximate surface area is 171 Å². The summed E-state index contributed by atoms with van der Waals surface area (Å²) in [4.78, 5) is 12.7. The van der Waals surface area contributed by atoms with Crippen LogP contribution in [0.25, 0.3) is 0 Å². The second-order valence-electron chi connectivity index (χ2n) is 8.08. The number of nitrogens with one attached hydrogen (secondary N) is 1. The molecule has 4 rings (SSSR count). The highest BCUT2D eigenvalue weighted by Crippen LogP contribution is 2.38. The number of hydrogen-bond donors (Lipinski definition) is 1. The van der Waals surface area contributed by atoms with Crippen LogP contribution in [0.4, 0.5) is 4.39 Å². The SMILES string of the molecule is CCOC(=O)[C@@H]1C2CCC(C[C@@H]1OC(c1ccc(C)cc1)c1ccc(F)cc1)N2. The molecule has 2 heterocycles. The number of halogens is 1. The van der Waals surface area contributed by atoms with Gasteiger partial charge >= 0.3 is 5.97 Å². The minimum absolute atomic E-state index is 0.0877. The van der Waals surface area contributed by atoms with Gasteiger partial charge in [-0.1, -0.05) is 42.0 Å². The lowest BCUT2D eigenvalue weighted by atomic mass is 9.88. The van der Waals surface area contributed by atoms with Gasteiger partial charge in [0.05, 0.1) is 18.6 Å². The zero-order valence-corrected chi connectivity index (χ0v) is 16.9. The largest absolute Gasteiger partial charge is 0.466 e. The number of carbonyl (C=O) groups is 1. The Hall–Kier alpha value is -2.24. The van der Waals surface area contributed by atoms with E-state index in [1.807, 2.05) is 38.1 Å². The van der Waals surface area contributed by atoms with Gasteiger partial charge in [0.2, 0.25) is 0 Å². The highest BCUT2D eigenvalue weighted by atomic mass is 19.1. The first-order valence-corrected chi connectivity index (χ1v) is 10.5. The first-order valence-electron chi connectivity index (χ1n) is 10.5. The number of benzene rings is 2. The van der Waals surface area contributed by atoms with Crippen LogP contribution in [0.3, 0.4) is 0 Å². The van der Waals surface area contributed by atoms with Crippen LogP contribution < -0.4 is 5.32 Å². The van der Waals surface area contributed by atoms with Crippen molar-refractivity contribution in [2.75, 3.05) is 6.61 Å². The third-order valence-corrected chi connectivity index (χ3v) is 6.05. The first-order chi connectivity index (χ1) is 14.0. The van der Waals surface area contributed by atoms with E-state index in [2.05, 4.69) is 5.32 Å². The smallest absolute Gasteiger partial charge is 0.313 e. The molecule has 5 atom stereocenters. The van der Waals surface area contributed by atoms with Gasteiger partial charge in [0.25, 0.3) is 0 Å². The highest BCUT2D eigenvalue weighted by Gasteiger charge is 2.47. The Bertz CT molecular complexity index is 791. The van der Waals surface area contributed by atoms with Crippen molar-refractivity contribution in [1.29, 1.82) is 0 Å². The molecule has 0 radical (unpaired) electrons. The third kappa shape index (κ3) is 4.36. The lowest BCUT2D eigenvalue weighted by Crippen LogP contribution is -2.52. The number of rotatable bonds is 6. The van der Waals surface area contributed by atoms with E-state index in [9.17, 15) is 9.18 Å². The van der Waals surface area contributed by atoms with Crippen molar-refractivity contribution in [3.63, 3.8) is 0 Å². The Morgan fingerprint density at radius 3 is 2.41 bits per heavy atom. The van der Waals surface area contributed by atoms with E-state index in [1.54, 1.807) is 12.1 Å². The Balaban J connectivity index is 1.65. The van der Waals surface area contributed by atoms with Crippen molar-refractivity contribution in [2.24, 2.45) is 5.92 Å². The molecule has 2 fully saturated rings. The first kappa shape index (κ1) is 20.0. The van der Waals surface area contributed by atoms with Crippen molar-refractivity contribution < 1.29 is 18.7 Å². The van der Waals surface area contributed by atoms with Gasteiger partial charge in [-0.25, -0.2) is 4.39 Å². The molecule has 5 heteroatoms. The summed E-state index contributed by atoms with van der Waals surface area (Å²) < 4.78 is 25.5. The quantitative estimate of drug-likeness (QED) is 0.738. The number of carbonyl (C=O) groups excluding carboxylic acids is 1. The van der Waals surface area contributed by atoms with Crippen LogP contribution >= 0.6 is 0 Å². The van der Waals surface area contributed by atoms with E-state index in [-0.39, 0.29) is 36.0 Å². The van der Waals surface area contributed by atoms with Crippen LogP contribution in [0.5, 0.6) is 0 Å². The van der Waals surface area contributed by atoms with Crippen molar-refractivity contribution in [2.45, 2.75) is 57.4 Å². The van der Waals surface area contributed by atoms with Crippen LogP contribution in [-0.4, -0.2) is 30.8 Å². The second-order valence-corrected chi connectivity index (χ2v) is 8.08. The molecule has 4 nitrogen and oxygen atoms in total. The lowest BCUT2D eigenvalue weighted by molar-refractivity contribution is -0.159. The number of ether oxygens (including phenoxy) is 2. The molecule has 154 valence electrons. The maximum absolute atomic E-state index is 13.5. The Morgan fingerprint density at radius 2 is 1.76 bits per heavy atom. The number of esters is 1. The summed E-state index contributed by atoms with van der Waals surface area (Å²) in [6, 6.07) is 15.0. The summed E-state index contributed by atoms with van der Waals surface area (Å²) in [5.41, 5.74) is 3.04. The van der Waals surface area contributed by atoms with Gasteiger partial charge < -0.3 is 14.8 Å². The molecule has 0 spiro atoms. The molecule has 2 aliphatic heterocycles. The normalized spacial score (nSPS) is 26.9. The summed E-state index contributed by atoms with van der Waals surface area (Å²) in [7, 11) is 0. The standard InChI is InChI=1S/C24H28FNO3/c1-3-28-24(27)22-20-13-12-19(26-20)14-21(22)29-23(16-6-4-15(2)5-7-16)17-8-10-18(25)11-9-17/h4-11,19-23,26H,3,12-14H2,1-2H3/t19?,20?,21-,22+,23?/m0/s1. The maximum atomic E-state index is 13.5. The summed E-state index contributed by atoms with van der Waals surface area (Å²) in [5, 5.41) is 3.55. The molecule has 0 saturated carbocycles. The van der Waals surface area contributed by atoms with E-state index >= 15 is 0 Å². The zero-order chi connectivity index (χ0) is 20.4. The molecule has 0 amide bonds. The average molecular weight is 397 g/mol. The molecule has 29 heavy (non-hydrogen) atoms. The van der Waals surface area contributed by atoms with E-state index in [4.69, 9.17) is 9.47 Å². The molecule has 2 bridgehead atoms. The van der Waals surface area contributed by atoms with Gasteiger partial charge in [-0.05, 0) is 56.4 Å². The van der Waals surface area contributed by atoms with Crippen molar-refractivity contribution >= 4 is 5.97 Å². The van der Waals surface area contributed by atoms with Gasteiger partial charge in [0.1, 0.15) is 11.9 Å². The van der Waals surface area contributed by atoms with Gasteiger partial charge in [-0.15, -0.1) is 0 Å². The molecule has 2 aliphatic rings. The molecule has 0 aliphatic carbocycles. The molecule has 2 saturated heterocycles. The summed E-state index contributed by atoms with van der Waals surface area (Å²) in [6.07, 6.45) is 2.16. The van der Waals surface area contributed by atoms with Gasteiger partial charge in [0.15, 0.2) is 0 Å². The van der Waals surface area contributed by atoms with Crippen LogP contribution in [0.1, 0.15) is 49.0 Å². The van der Waals surface area contributed by atoms with Gasteiger partial charge in [-0.3, -0.25) is 4.79 Å². The predicted octanol–water partition coefficient (Wildman–Crippen LogP) is 4.31. The van der Waals surface area contributed by atoms with E-state index in [0.717, 1.165) is 36.0 Å². The van der Waals surface area contributed by atoms with E-state index in [1.165, 1.54) is 12.1 Å². The van der Waals surface area contributed by atoms with Crippen molar-refractivity contribution in [1.82, 2.24) is 5.32 Å². The third-order valence-electron chi connectivity index (χ3n) is 6.05. The summed E-state index contributed by atoms with van der Waals surface area (Å²) in [5.74, 6) is -0.806. The number of aryl methyl sites for hydroxylation is 1. The monoisotopic (exact) mass is 397 g/mol. The average Bonchev–Trinajstić information content (AvgIpc) is 3.09. The van der Waals surface area contributed by atoms with E-state index < -0.39 is 0 Å². The zero-order valence-electron chi connectivity index (χ0n) is 16.9. The van der Waals surface area contributed by atoms with Crippen LogP contribution in [0.15, 0.2) is 48.5 Å². The fourth-order valence-electron chi connectivity index (χ4n) is 4.60. The van der Waals surface area contributed by atoms with Gasteiger partial charge in [0, 0.05) is 12.1 Å². The second kappa shape index (κ2) is 8.64. The number of hydrogen-bond acceptors (Lipinski definition) is 4. The minimum Gasteiger partial charge on any atom is -0.466 e. The van der Waals surface area contributed by atoms with Crippen molar-refractivity contribution in [3.8, 4) is 0 Å². The Kier molecular flexibility index (Phi) is 5.97. The molecular formula is C24H28FNO3. The fourth-order valence-corrected chi connectivity index (χ4v) is 4.60. The maximum Gasteiger partial charge on any atom is 0.313 e. The Morgan fingerprint density at radius 1 is 1.10 bits per heavy atom. The van der Waals surface area contributed by atoms with Crippen molar-refractivity contribution in [3.05, 3.63) is 71.0 Å². The van der Waals surface area contributed by atoms with Gasteiger partial charge in [-0.2, -0.15) is 0 Å². The number of piperidine rings is 1. The number of fused-ring (bicyclic) bond motifs is 2. The summed E-state index contributed by atoms with van der Waals surface area (Å²) >= 11 is 0. The fraction of sp³-hybridized carbons (Fsp3) is 0.458. The van der Waals surface area contributed by atoms with Crippen LogP contribution in [-0.2, 0) is 14.3 Å². The highest BCUT2D eigenvalue weighted by molar-refractivity contribution is 5.74. The molecule has 2 aromatic rings. The minimum atomic E-state index is -0.365. The molecule has 0 aromatic heterocycles. The molecule has 3 unspecified atom stereocenters. The summed E-state index contributed by atoms with van der Waals surface area (Å²) in [6.45, 7) is 4.23.